The molecule has 6 nitrogen and oxygen atoms in total. The van der Waals surface area contributed by atoms with Crippen molar-refractivity contribution in [2.45, 2.75) is 6.92 Å². The van der Waals surface area contributed by atoms with Crippen LogP contribution in [0.2, 0.25) is 5.02 Å². The molecular formula is C23H20ClFN4O2. The van der Waals surface area contributed by atoms with Crippen LogP contribution in [0.3, 0.4) is 0 Å². The zero-order valence-electron chi connectivity index (χ0n) is 16.9. The average Bonchev–Trinajstić information content (AvgIpc) is 3.19. The van der Waals surface area contributed by atoms with E-state index in [0.717, 1.165) is 11.1 Å². The normalized spacial score (nSPS) is 14.4. The molecule has 31 heavy (non-hydrogen) atoms. The molecule has 0 spiro atoms. The van der Waals surface area contributed by atoms with Gasteiger partial charge in [0.05, 0.1) is 22.5 Å². The van der Waals surface area contributed by atoms with Gasteiger partial charge in [-0.25, -0.2) is 9.37 Å². The molecule has 158 valence electrons. The highest BCUT2D eigenvalue weighted by Gasteiger charge is 2.26. The number of piperazine rings is 1. The van der Waals surface area contributed by atoms with Gasteiger partial charge in [0.25, 0.3) is 5.56 Å². The molecule has 0 amide bonds. The number of pyridine rings is 1. The Balaban J connectivity index is 1.60. The number of aryl methyl sites for hydroxylation is 1. The monoisotopic (exact) mass is 438 g/mol. The van der Waals surface area contributed by atoms with E-state index in [4.69, 9.17) is 16.0 Å². The molecule has 0 saturated carbocycles. The standard InChI is InChI=1S/C23H20ClFN4O2/c1-14-26-19(13-31-14)21-22(16-12-15(24)6-7-18(16)27-23(21)30)29-10-8-28(9-11-29)20-5-3-2-4-17(20)25/h2-7,12-13H,8-11H2,1H3,(H,27,30). The molecule has 5 rings (SSSR count). The minimum Gasteiger partial charge on any atom is -0.449 e. The molecule has 1 fully saturated rings. The van der Waals surface area contributed by atoms with Crippen molar-refractivity contribution in [3.8, 4) is 11.3 Å². The van der Waals surface area contributed by atoms with Crippen LogP contribution in [0.15, 0.2) is 57.9 Å². The number of hydrogen-bond donors (Lipinski definition) is 1. The number of benzene rings is 2. The summed E-state index contributed by atoms with van der Waals surface area (Å²) in [5.74, 6) is 0.249. The van der Waals surface area contributed by atoms with E-state index in [0.29, 0.717) is 59.6 Å². The van der Waals surface area contributed by atoms with Crippen LogP contribution >= 0.6 is 11.6 Å². The fraction of sp³-hybridized carbons (Fsp3) is 0.217. The van der Waals surface area contributed by atoms with Crippen LogP contribution in [-0.2, 0) is 0 Å². The van der Waals surface area contributed by atoms with Gasteiger partial charge in [0, 0.05) is 43.5 Å². The fourth-order valence-corrected chi connectivity index (χ4v) is 4.34. The highest BCUT2D eigenvalue weighted by atomic mass is 35.5. The summed E-state index contributed by atoms with van der Waals surface area (Å²) >= 11 is 6.30. The number of H-pyrrole nitrogens is 1. The molecule has 2 aromatic heterocycles. The largest absolute Gasteiger partial charge is 0.449 e. The van der Waals surface area contributed by atoms with E-state index in [1.54, 1.807) is 31.2 Å². The highest BCUT2D eigenvalue weighted by molar-refractivity contribution is 6.31. The third-order valence-electron chi connectivity index (χ3n) is 5.61. The first kappa shape index (κ1) is 19.6. The van der Waals surface area contributed by atoms with Crippen molar-refractivity contribution in [2.75, 3.05) is 36.0 Å². The number of fused-ring (bicyclic) bond motifs is 1. The Hall–Kier alpha value is -3.32. The second-order valence-corrected chi connectivity index (χ2v) is 7.98. The zero-order valence-corrected chi connectivity index (χ0v) is 17.6. The molecule has 0 atom stereocenters. The smallest absolute Gasteiger partial charge is 0.260 e. The van der Waals surface area contributed by atoms with E-state index in [1.165, 1.54) is 12.3 Å². The summed E-state index contributed by atoms with van der Waals surface area (Å²) in [7, 11) is 0. The number of halogens is 2. The molecule has 1 saturated heterocycles. The summed E-state index contributed by atoms with van der Waals surface area (Å²) in [6.45, 7) is 4.20. The molecule has 3 heterocycles. The van der Waals surface area contributed by atoms with Gasteiger partial charge in [0.1, 0.15) is 17.8 Å². The van der Waals surface area contributed by atoms with E-state index >= 15 is 0 Å². The van der Waals surface area contributed by atoms with Crippen LogP contribution < -0.4 is 15.4 Å². The van der Waals surface area contributed by atoms with Crippen LogP contribution in [-0.4, -0.2) is 36.1 Å². The summed E-state index contributed by atoms with van der Waals surface area (Å²) in [5, 5.41) is 1.41. The molecule has 1 aliphatic rings. The van der Waals surface area contributed by atoms with E-state index in [-0.39, 0.29) is 11.4 Å². The lowest BCUT2D eigenvalue weighted by Gasteiger charge is -2.38. The van der Waals surface area contributed by atoms with E-state index in [2.05, 4.69) is 14.9 Å². The van der Waals surface area contributed by atoms with Crippen LogP contribution in [0.4, 0.5) is 15.8 Å². The highest BCUT2D eigenvalue weighted by Crippen LogP contribution is 2.36. The summed E-state index contributed by atoms with van der Waals surface area (Å²) in [6, 6.07) is 12.2. The predicted molar refractivity (Wildman–Crippen MR) is 121 cm³/mol. The van der Waals surface area contributed by atoms with E-state index in [9.17, 15) is 9.18 Å². The fourth-order valence-electron chi connectivity index (χ4n) is 4.17. The lowest BCUT2D eigenvalue weighted by Crippen LogP contribution is -2.47. The Morgan fingerprint density at radius 2 is 1.84 bits per heavy atom. The van der Waals surface area contributed by atoms with Gasteiger partial charge >= 0.3 is 0 Å². The van der Waals surface area contributed by atoms with Gasteiger partial charge in [-0.1, -0.05) is 23.7 Å². The van der Waals surface area contributed by atoms with Crippen molar-refractivity contribution in [1.29, 1.82) is 0 Å². The number of aromatic nitrogens is 2. The second-order valence-electron chi connectivity index (χ2n) is 7.54. The average molecular weight is 439 g/mol. The van der Waals surface area contributed by atoms with Crippen molar-refractivity contribution < 1.29 is 8.81 Å². The molecule has 1 N–H and O–H groups in total. The summed E-state index contributed by atoms with van der Waals surface area (Å²) in [4.78, 5) is 24.6. The maximum atomic E-state index is 14.3. The number of para-hydroxylation sites is 1. The molecule has 0 bridgehead atoms. The number of aromatic amines is 1. The van der Waals surface area contributed by atoms with Gasteiger partial charge in [0.15, 0.2) is 5.89 Å². The first-order valence-corrected chi connectivity index (χ1v) is 10.4. The molecule has 0 radical (unpaired) electrons. The lowest BCUT2D eigenvalue weighted by atomic mass is 10.0. The van der Waals surface area contributed by atoms with Gasteiger partial charge in [-0.05, 0) is 30.3 Å². The van der Waals surface area contributed by atoms with E-state index < -0.39 is 0 Å². The molecule has 0 unspecified atom stereocenters. The van der Waals surface area contributed by atoms with Crippen LogP contribution in [0.25, 0.3) is 22.2 Å². The number of oxazole rings is 1. The number of nitrogens with one attached hydrogen (secondary N) is 1. The third kappa shape index (κ3) is 3.55. The van der Waals surface area contributed by atoms with Gasteiger partial charge in [-0.15, -0.1) is 0 Å². The molecule has 1 aliphatic heterocycles. The maximum absolute atomic E-state index is 14.3. The molecule has 4 aromatic rings. The van der Waals surface area contributed by atoms with Gasteiger partial charge < -0.3 is 19.2 Å². The zero-order chi connectivity index (χ0) is 21.5. The lowest BCUT2D eigenvalue weighted by molar-refractivity contribution is 0.521. The van der Waals surface area contributed by atoms with Crippen molar-refractivity contribution in [2.24, 2.45) is 0 Å². The Morgan fingerprint density at radius 1 is 1.10 bits per heavy atom. The number of nitrogens with zero attached hydrogens (tertiary/aromatic N) is 3. The maximum Gasteiger partial charge on any atom is 0.260 e. The summed E-state index contributed by atoms with van der Waals surface area (Å²) < 4.78 is 19.6. The van der Waals surface area contributed by atoms with Gasteiger partial charge in [-0.2, -0.15) is 0 Å². The van der Waals surface area contributed by atoms with Gasteiger partial charge in [-0.3, -0.25) is 4.79 Å². The topological polar surface area (TPSA) is 65.4 Å². The van der Waals surface area contributed by atoms with Crippen molar-refractivity contribution in [3.63, 3.8) is 0 Å². The Bertz CT molecular complexity index is 1320. The van der Waals surface area contributed by atoms with Gasteiger partial charge in [0.2, 0.25) is 0 Å². The van der Waals surface area contributed by atoms with Crippen molar-refractivity contribution >= 4 is 33.9 Å². The first-order chi connectivity index (χ1) is 15.0. The predicted octanol–water partition coefficient (Wildman–Crippen LogP) is 4.61. The summed E-state index contributed by atoms with van der Waals surface area (Å²) in [6.07, 6.45) is 1.50. The SMILES string of the molecule is Cc1nc(-c2c(N3CCN(c4ccccc4F)CC3)c3cc(Cl)ccc3[nH]c2=O)co1. The Kier molecular flexibility index (Phi) is 4.90. The third-order valence-corrected chi connectivity index (χ3v) is 5.85. The number of hydrogen-bond acceptors (Lipinski definition) is 5. The Labute approximate surface area is 182 Å². The molecule has 8 heteroatoms. The first-order valence-electron chi connectivity index (χ1n) is 10.0. The van der Waals surface area contributed by atoms with Crippen LogP contribution in [0.1, 0.15) is 5.89 Å². The minimum absolute atomic E-state index is 0.233. The minimum atomic E-state index is -0.241. The quantitative estimate of drug-likeness (QED) is 0.506. The van der Waals surface area contributed by atoms with E-state index in [1.807, 2.05) is 17.0 Å². The molecular weight excluding hydrogens is 419 g/mol. The number of rotatable bonds is 3. The molecule has 0 aliphatic carbocycles. The Morgan fingerprint density at radius 3 is 2.55 bits per heavy atom. The van der Waals surface area contributed by atoms with Crippen molar-refractivity contribution in [3.05, 3.63) is 75.8 Å². The second kappa shape index (κ2) is 7.74. The number of anilines is 2. The van der Waals surface area contributed by atoms with Crippen LogP contribution in [0, 0.1) is 12.7 Å². The molecule has 2 aromatic carbocycles. The van der Waals surface area contributed by atoms with Crippen molar-refractivity contribution in [1.82, 2.24) is 9.97 Å². The summed E-state index contributed by atoms with van der Waals surface area (Å²) in [5.41, 5.74) is 2.74. The van der Waals surface area contributed by atoms with Crippen LogP contribution in [0.5, 0.6) is 0 Å².